The average Bonchev–Trinajstić information content (AvgIpc) is 1.98. The first-order chi connectivity index (χ1) is 5.54. The number of halogens is 2. The third-order valence-corrected chi connectivity index (χ3v) is 3.87. The van der Waals surface area contributed by atoms with Crippen molar-refractivity contribution in [2.75, 3.05) is 41.3 Å². The highest BCUT2D eigenvalue weighted by molar-refractivity contribution is 7.90. The van der Waals surface area contributed by atoms with Gasteiger partial charge in [-0.25, -0.2) is 0 Å². The van der Waals surface area contributed by atoms with Crippen molar-refractivity contribution in [3.05, 3.63) is 0 Å². The van der Waals surface area contributed by atoms with E-state index in [0.717, 1.165) is 13.1 Å². The van der Waals surface area contributed by atoms with Crippen molar-refractivity contribution in [1.82, 2.24) is 12.9 Å². The van der Waals surface area contributed by atoms with Gasteiger partial charge in [-0.05, 0) is 13.8 Å². The summed E-state index contributed by atoms with van der Waals surface area (Å²) in [5, 5.41) is 0. The van der Waals surface area contributed by atoms with Gasteiger partial charge >= 0.3 is 0 Å². The third kappa shape index (κ3) is 5.74. The standard InChI is InChI=1S/C8H22N3S.2FH/c1-7-11(8-2)12(9(3)4)10(5)6;;/h7-8H2,1-6H3;2*1H/q+1;;. The second kappa shape index (κ2) is 9.64. The SMILES string of the molecule is CCN(CC)[S+](N(C)C)N(C)C.F.F. The zero-order valence-corrected chi connectivity index (χ0v) is 10.8. The van der Waals surface area contributed by atoms with E-state index in [2.05, 4.69) is 55.0 Å². The Morgan fingerprint density at radius 2 is 1.07 bits per heavy atom. The molecule has 0 amide bonds. The molecule has 3 nitrogen and oxygen atoms in total. The zero-order chi connectivity index (χ0) is 9.72. The fourth-order valence-corrected chi connectivity index (χ4v) is 3.28. The fraction of sp³-hybridized carbons (Fsp3) is 1.00. The third-order valence-electron chi connectivity index (χ3n) is 1.59. The highest BCUT2D eigenvalue weighted by atomic mass is 32.2. The van der Waals surface area contributed by atoms with Gasteiger partial charge in [-0.3, -0.25) is 9.41 Å². The van der Waals surface area contributed by atoms with E-state index in [4.69, 9.17) is 0 Å². The molecule has 0 saturated carbocycles. The van der Waals surface area contributed by atoms with Crippen LogP contribution in [0.2, 0.25) is 0 Å². The first kappa shape index (κ1) is 19.6. The van der Waals surface area contributed by atoms with E-state index in [1.54, 1.807) is 0 Å². The summed E-state index contributed by atoms with van der Waals surface area (Å²) in [5.74, 6) is 0. The highest BCUT2D eigenvalue weighted by Crippen LogP contribution is 2.09. The molecule has 0 radical (unpaired) electrons. The Morgan fingerprint density at radius 3 is 1.14 bits per heavy atom. The second-order valence-corrected chi connectivity index (χ2v) is 5.45. The molecule has 0 atom stereocenters. The number of nitrogens with zero attached hydrogens (tertiary/aromatic N) is 3. The molecule has 0 spiro atoms. The predicted octanol–water partition coefficient (Wildman–Crippen LogP) is 1.12. The highest BCUT2D eigenvalue weighted by Gasteiger charge is 2.33. The molecule has 0 bridgehead atoms. The summed E-state index contributed by atoms with van der Waals surface area (Å²) in [7, 11) is 8.51. The van der Waals surface area contributed by atoms with E-state index in [1.807, 2.05) is 0 Å². The minimum absolute atomic E-state index is 0. The molecule has 0 unspecified atom stereocenters. The molecule has 14 heavy (non-hydrogen) atoms. The molecular formula is C8H24F2N3S+. The maximum atomic E-state index is 2.44. The van der Waals surface area contributed by atoms with Gasteiger partial charge in [0.2, 0.25) is 0 Å². The van der Waals surface area contributed by atoms with Gasteiger partial charge < -0.3 is 0 Å². The minimum Gasteiger partial charge on any atom is -0.269 e. The monoisotopic (exact) mass is 232 g/mol. The van der Waals surface area contributed by atoms with Crippen molar-refractivity contribution in [3.8, 4) is 0 Å². The lowest BCUT2D eigenvalue weighted by molar-refractivity contribution is 0.438. The molecule has 0 aromatic heterocycles. The molecule has 0 rings (SSSR count). The Kier molecular flexibility index (Phi) is 13.5. The van der Waals surface area contributed by atoms with Gasteiger partial charge in [0.15, 0.2) is 0 Å². The van der Waals surface area contributed by atoms with E-state index < -0.39 is 0 Å². The molecule has 0 aliphatic heterocycles. The van der Waals surface area contributed by atoms with Crippen LogP contribution in [0.4, 0.5) is 9.41 Å². The molecule has 90 valence electrons. The van der Waals surface area contributed by atoms with Gasteiger partial charge in [0.1, 0.15) is 0 Å². The van der Waals surface area contributed by atoms with Crippen LogP contribution in [-0.2, 0) is 11.5 Å². The number of hydrogen-bond acceptors (Lipinski definition) is 3. The van der Waals surface area contributed by atoms with Crippen molar-refractivity contribution >= 4 is 11.5 Å². The first-order valence-electron chi connectivity index (χ1n) is 4.38. The average molecular weight is 232 g/mol. The molecule has 6 heteroatoms. The molecule has 0 aliphatic carbocycles. The molecular weight excluding hydrogens is 208 g/mol. The summed E-state index contributed by atoms with van der Waals surface area (Å²) in [4.78, 5) is 0. The van der Waals surface area contributed by atoms with Crippen LogP contribution in [0, 0.1) is 0 Å². The van der Waals surface area contributed by atoms with Gasteiger partial charge in [-0.15, -0.1) is 0 Å². The Labute approximate surface area is 89.5 Å². The summed E-state index contributed by atoms with van der Waals surface area (Å²) in [6.45, 7) is 6.62. The topological polar surface area (TPSA) is 9.72 Å². The van der Waals surface area contributed by atoms with Crippen LogP contribution >= 0.6 is 0 Å². The number of hydrogen-bond donors (Lipinski definition) is 0. The summed E-state index contributed by atoms with van der Waals surface area (Å²) in [6, 6.07) is 0. The smallest absolute Gasteiger partial charge is 0.266 e. The van der Waals surface area contributed by atoms with Gasteiger partial charge in [0.25, 0.3) is 11.5 Å². The van der Waals surface area contributed by atoms with E-state index in [0.29, 0.717) is 0 Å². The fourth-order valence-electron chi connectivity index (χ4n) is 1.24. The molecule has 0 aliphatic rings. The quantitative estimate of drug-likeness (QED) is 0.658. The van der Waals surface area contributed by atoms with E-state index in [9.17, 15) is 0 Å². The molecule has 0 heterocycles. The van der Waals surface area contributed by atoms with Gasteiger partial charge in [0, 0.05) is 41.3 Å². The second-order valence-electron chi connectivity index (χ2n) is 2.98. The molecule has 0 aromatic carbocycles. The summed E-state index contributed by atoms with van der Waals surface area (Å²) in [6.07, 6.45) is 0. The van der Waals surface area contributed by atoms with Gasteiger partial charge in [-0.1, -0.05) is 12.9 Å². The lowest BCUT2D eigenvalue weighted by atomic mass is 10.7. The van der Waals surface area contributed by atoms with E-state index in [1.165, 1.54) is 0 Å². The molecule has 0 fully saturated rings. The summed E-state index contributed by atoms with van der Waals surface area (Å²) < 4.78 is 6.96. The van der Waals surface area contributed by atoms with Crippen LogP contribution in [0.1, 0.15) is 13.8 Å². The van der Waals surface area contributed by atoms with Crippen LogP contribution in [-0.4, -0.2) is 54.2 Å². The van der Waals surface area contributed by atoms with Crippen molar-refractivity contribution in [2.45, 2.75) is 13.8 Å². The largest absolute Gasteiger partial charge is 0.269 e. The van der Waals surface area contributed by atoms with Crippen molar-refractivity contribution < 1.29 is 9.41 Å². The lowest BCUT2D eigenvalue weighted by Crippen LogP contribution is -2.48. The Hall–Kier alpha value is 0.0900. The van der Waals surface area contributed by atoms with Crippen molar-refractivity contribution in [2.24, 2.45) is 0 Å². The van der Waals surface area contributed by atoms with E-state index in [-0.39, 0.29) is 20.9 Å². The predicted molar refractivity (Wildman–Crippen MR) is 62.7 cm³/mol. The van der Waals surface area contributed by atoms with Crippen LogP contribution < -0.4 is 0 Å². The van der Waals surface area contributed by atoms with Crippen molar-refractivity contribution in [1.29, 1.82) is 0 Å². The molecule has 0 N–H and O–H groups in total. The first-order valence-corrected chi connectivity index (χ1v) is 5.48. The summed E-state index contributed by atoms with van der Waals surface area (Å²) in [5.41, 5.74) is 0. The van der Waals surface area contributed by atoms with Crippen LogP contribution in [0.3, 0.4) is 0 Å². The maximum Gasteiger partial charge on any atom is 0.266 e. The minimum atomic E-state index is 0. The van der Waals surface area contributed by atoms with Crippen molar-refractivity contribution in [3.63, 3.8) is 0 Å². The summed E-state index contributed by atoms with van der Waals surface area (Å²) >= 11 is 0.134. The zero-order valence-electron chi connectivity index (χ0n) is 9.98. The van der Waals surface area contributed by atoms with Gasteiger partial charge in [0.05, 0.1) is 0 Å². The molecule has 0 saturated heterocycles. The molecule has 0 aromatic rings. The normalized spacial score (nSPS) is 10.7. The Bertz CT molecular complexity index is 113. The lowest BCUT2D eigenvalue weighted by Gasteiger charge is -2.24. The Morgan fingerprint density at radius 1 is 0.786 bits per heavy atom. The van der Waals surface area contributed by atoms with Crippen LogP contribution in [0.5, 0.6) is 0 Å². The maximum absolute atomic E-state index is 2.44. The Balaban J connectivity index is -0.000000605. The van der Waals surface area contributed by atoms with Crippen LogP contribution in [0.25, 0.3) is 0 Å². The number of rotatable bonds is 5. The van der Waals surface area contributed by atoms with Crippen LogP contribution in [0.15, 0.2) is 0 Å². The van der Waals surface area contributed by atoms with E-state index >= 15 is 0 Å². The van der Waals surface area contributed by atoms with Gasteiger partial charge in [-0.2, -0.15) is 0 Å².